The number of nitrogens with zero attached hydrogens (tertiary/aromatic N) is 3. The van der Waals surface area contributed by atoms with E-state index in [9.17, 15) is 4.39 Å². The lowest BCUT2D eigenvalue weighted by molar-refractivity contribution is 0.267. The highest BCUT2D eigenvalue weighted by atomic mass is 19.1. The molecule has 0 saturated heterocycles. The molecular weight excluding hydrogens is 271 g/mol. The van der Waals surface area contributed by atoms with Crippen LogP contribution >= 0.6 is 0 Å². The maximum atomic E-state index is 13.9. The number of nitrogens with two attached hydrogens (primary N) is 1. The van der Waals surface area contributed by atoms with Gasteiger partial charge in [-0.05, 0) is 30.5 Å². The van der Waals surface area contributed by atoms with Crippen LogP contribution in [0, 0.1) is 11.7 Å². The highest BCUT2D eigenvalue weighted by Gasteiger charge is 2.12. The number of hydrogen-bond acceptors (Lipinski definition) is 4. The number of para-hydroxylation sites is 1. The molecule has 0 atom stereocenters. The van der Waals surface area contributed by atoms with Crippen LogP contribution in [-0.2, 0) is 19.6 Å². The number of benzene rings is 1. The molecule has 0 fully saturated rings. The maximum absolute atomic E-state index is 13.9. The summed E-state index contributed by atoms with van der Waals surface area (Å²) in [5, 5.41) is 4.16. The molecule has 2 rings (SSSR count). The first-order valence-corrected chi connectivity index (χ1v) is 7.08. The van der Waals surface area contributed by atoms with Gasteiger partial charge in [-0.1, -0.05) is 26.0 Å². The molecule has 2 N–H and O–H groups in total. The monoisotopic (exact) mass is 292 g/mol. The van der Waals surface area contributed by atoms with Crippen LogP contribution < -0.4 is 10.5 Å². The second kappa shape index (κ2) is 7.17. The van der Waals surface area contributed by atoms with Crippen LogP contribution in [0.2, 0.25) is 0 Å². The first kappa shape index (κ1) is 15.4. The fourth-order valence-electron chi connectivity index (χ4n) is 2.10. The van der Waals surface area contributed by atoms with Crippen molar-refractivity contribution in [3.8, 4) is 5.75 Å². The second-order valence-electron chi connectivity index (χ2n) is 5.31. The fraction of sp³-hybridized carbons (Fsp3) is 0.467. The van der Waals surface area contributed by atoms with Crippen LogP contribution in [0.5, 0.6) is 5.75 Å². The Kier molecular flexibility index (Phi) is 5.27. The summed E-state index contributed by atoms with van der Waals surface area (Å²) >= 11 is 0. The van der Waals surface area contributed by atoms with Crippen molar-refractivity contribution in [2.45, 2.75) is 33.4 Å². The highest BCUT2D eigenvalue weighted by molar-refractivity contribution is 5.35. The summed E-state index contributed by atoms with van der Waals surface area (Å²) in [7, 11) is 0. The molecule has 2 aromatic rings. The fourth-order valence-corrected chi connectivity index (χ4v) is 2.10. The molecule has 0 amide bonds. The van der Waals surface area contributed by atoms with Gasteiger partial charge in [-0.3, -0.25) is 0 Å². The van der Waals surface area contributed by atoms with Gasteiger partial charge < -0.3 is 10.5 Å². The van der Waals surface area contributed by atoms with Gasteiger partial charge in [-0.25, -0.2) is 14.1 Å². The molecule has 0 aliphatic carbocycles. The Hall–Kier alpha value is -1.95. The zero-order chi connectivity index (χ0) is 15.2. The Morgan fingerprint density at radius 1 is 1.38 bits per heavy atom. The van der Waals surface area contributed by atoms with E-state index in [1.165, 1.54) is 12.4 Å². The van der Waals surface area contributed by atoms with Gasteiger partial charge in [-0.2, -0.15) is 5.10 Å². The van der Waals surface area contributed by atoms with E-state index in [0.717, 1.165) is 12.1 Å². The predicted molar refractivity (Wildman–Crippen MR) is 78.4 cm³/mol. The Labute approximate surface area is 123 Å². The second-order valence-corrected chi connectivity index (χ2v) is 5.31. The van der Waals surface area contributed by atoms with Crippen molar-refractivity contribution in [3.05, 3.63) is 41.7 Å². The van der Waals surface area contributed by atoms with E-state index in [-0.39, 0.29) is 18.2 Å². The predicted octanol–water partition coefficient (Wildman–Crippen LogP) is 2.15. The molecule has 0 radical (unpaired) electrons. The minimum atomic E-state index is -0.379. The van der Waals surface area contributed by atoms with Crippen LogP contribution in [0.3, 0.4) is 0 Å². The molecule has 1 heterocycles. The number of rotatable bonds is 7. The van der Waals surface area contributed by atoms with Crippen LogP contribution in [0.15, 0.2) is 24.5 Å². The third-order valence-electron chi connectivity index (χ3n) is 3.04. The molecule has 0 aliphatic heterocycles. The van der Waals surface area contributed by atoms with Gasteiger partial charge in [0, 0.05) is 6.54 Å². The van der Waals surface area contributed by atoms with Crippen molar-refractivity contribution in [1.82, 2.24) is 14.8 Å². The van der Waals surface area contributed by atoms with Crippen LogP contribution in [0.1, 0.15) is 25.2 Å². The third kappa shape index (κ3) is 4.01. The molecule has 6 heteroatoms. The third-order valence-corrected chi connectivity index (χ3v) is 3.04. The van der Waals surface area contributed by atoms with Gasteiger partial charge in [0.1, 0.15) is 12.9 Å². The van der Waals surface area contributed by atoms with E-state index in [2.05, 4.69) is 23.9 Å². The average molecular weight is 292 g/mol. The quantitative estimate of drug-likeness (QED) is 0.849. The topological polar surface area (TPSA) is 66.0 Å². The molecule has 0 saturated carbocycles. The van der Waals surface area contributed by atoms with Crippen molar-refractivity contribution in [1.29, 1.82) is 0 Å². The first-order valence-electron chi connectivity index (χ1n) is 7.08. The largest absolute Gasteiger partial charge is 0.482 e. The Balaban J connectivity index is 2.11. The molecule has 114 valence electrons. The summed E-state index contributed by atoms with van der Waals surface area (Å²) < 4.78 is 21.3. The van der Waals surface area contributed by atoms with Gasteiger partial charge in [0.15, 0.2) is 17.4 Å². The van der Waals surface area contributed by atoms with Gasteiger partial charge in [0.05, 0.1) is 0 Å². The summed E-state index contributed by atoms with van der Waals surface area (Å²) in [6, 6.07) is 4.87. The van der Waals surface area contributed by atoms with Crippen molar-refractivity contribution in [2.24, 2.45) is 11.7 Å². The summed E-state index contributed by atoms with van der Waals surface area (Å²) in [5.74, 6) is 1.01. The van der Waals surface area contributed by atoms with Gasteiger partial charge >= 0.3 is 0 Å². The summed E-state index contributed by atoms with van der Waals surface area (Å²) in [6.07, 6.45) is 2.06. The van der Waals surface area contributed by atoms with E-state index < -0.39 is 0 Å². The lowest BCUT2D eigenvalue weighted by Crippen LogP contribution is -2.13. The van der Waals surface area contributed by atoms with E-state index in [1.54, 1.807) is 10.7 Å². The molecule has 0 aliphatic rings. The number of ether oxygens (including phenoxy) is 1. The molecular formula is C15H21FN4O. The Morgan fingerprint density at radius 3 is 2.90 bits per heavy atom. The van der Waals surface area contributed by atoms with Crippen LogP contribution in [0.4, 0.5) is 4.39 Å². The maximum Gasteiger partial charge on any atom is 0.165 e. The number of hydrogen-bond donors (Lipinski definition) is 1. The normalized spacial score (nSPS) is 11.1. The van der Waals surface area contributed by atoms with Gasteiger partial charge in [0.25, 0.3) is 0 Å². The minimum Gasteiger partial charge on any atom is -0.482 e. The highest BCUT2D eigenvalue weighted by Crippen LogP contribution is 2.23. The molecule has 1 aromatic heterocycles. The lowest BCUT2D eigenvalue weighted by atomic mass is 10.1. The first-order chi connectivity index (χ1) is 10.1. The lowest BCUT2D eigenvalue weighted by Gasteiger charge is -2.13. The van der Waals surface area contributed by atoms with E-state index >= 15 is 0 Å². The summed E-state index contributed by atoms with van der Waals surface area (Å²) in [5.41, 5.74) is 6.32. The summed E-state index contributed by atoms with van der Waals surface area (Å²) in [6.45, 7) is 5.59. The standard InChI is InChI=1S/C15H21FN4O/c1-11(2)8-20-14(18-10-19-20)9-21-15-12(6-7-17)4-3-5-13(15)16/h3-5,10-11H,6-9,17H2,1-2H3. The van der Waals surface area contributed by atoms with Gasteiger partial charge in [0.2, 0.25) is 0 Å². The number of aromatic nitrogens is 3. The average Bonchev–Trinajstić information content (AvgIpc) is 2.85. The van der Waals surface area contributed by atoms with Crippen molar-refractivity contribution in [2.75, 3.05) is 6.54 Å². The van der Waals surface area contributed by atoms with Crippen molar-refractivity contribution >= 4 is 0 Å². The van der Waals surface area contributed by atoms with Crippen LogP contribution in [0.25, 0.3) is 0 Å². The SMILES string of the molecule is CC(C)Cn1ncnc1COc1c(F)cccc1CCN. The van der Waals surface area contributed by atoms with Crippen molar-refractivity contribution < 1.29 is 9.13 Å². The molecule has 0 bridgehead atoms. The van der Waals surface area contributed by atoms with Gasteiger partial charge in [-0.15, -0.1) is 0 Å². The number of halogens is 1. The Morgan fingerprint density at radius 2 is 2.19 bits per heavy atom. The minimum absolute atomic E-state index is 0.186. The molecule has 5 nitrogen and oxygen atoms in total. The molecule has 0 unspecified atom stereocenters. The van der Waals surface area contributed by atoms with Crippen LogP contribution in [-0.4, -0.2) is 21.3 Å². The Bertz CT molecular complexity index is 583. The van der Waals surface area contributed by atoms with Crippen molar-refractivity contribution in [3.63, 3.8) is 0 Å². The molecule has 21 heavy (non-hydrogen) atoms. The summed E-state index contributed by atoms with van der Waals surface area (Å²) in [4.78, 5) is 4.17. The molecule has 1 aromatic carbocycles. The van der Waals surface area contributed by atoms with E-state index in [1.807, 2.05) is 6.07 Å². The smallest absolute Gasteiger partial charge is 0.165 e. The molecule has 0 spiro atoms. The van der Waals surface area contributed by atoms with E-state index in [4.69, 9.17) is 10.5 Å². The zero-order valence-corrected chi connectivity index (χ0v) is 12.4. The zero-order valence-electron chi connectivity index (χ0n) is 12.4. The van der Waals surface area contributed by atoms with E-state index in [0.29, 0.717) is 24.7 Å².